The van der Waals surface area contributed by atoms with Crippen molar-refractivity contribution in [1.82, 2.24) is 0 Å². The van der Waals surface area contributed by atoms with Crippen LogP contribution in [0.5, 0.6) is 0 Å². The van der Waals surface area contributed by atoms with Gasteiger partial charge in [0.05, 0.1) is 19.3 Å². The Labute approximate surface area is 166 Å². The molecule has 0 N–H and O–H groups in total. The van der Waals surface area contributed by atoms with Gasteiger partial charge in [-0.2, -0.15) is 13.2 Å². The predicted molar refractivity (Wildman–Crippen MR) is 100 cm³/mol. The number of hydrogen-bond acceptors (Lipinski definition) is 2. The van der Waals surface area contributed by atoms with Crippen LogP contribution in [-0.2, 0) is 9.47 Å². The first-order valence-corrected chi connectivity index (χ1v) is 11.0. The summed E-state index contributed by atoms with van der Waals surface area (Å²) in [7, 11) is 0. The molecule has 0 bridgehead atoms. The van der Waals surface area contributed by atoms with E-state index in [1.54, 1.807) is 0 Å². The van der Waals surface area contributed by atoms with Gasteiger partial charge in [0.1, 0.15) is 5.83 Å². The molecule has 3 fully saturated rings. The molecular weight excluding hydrogens is 372 g/mol. The lowest BCUT2D eigenvalue weighted by molar-refractivity contribution is -0.237. The van der Waals surface area contributed by atoms with Crippen LogP contribution < -0.4 is 0 Å². The van der Waals surface area contributed by atoms with E-state index < -0.39 is 17.9 Å². The van der Waals surface area contributed by atoms with Gasteiger partial charge in [0.15, 0.2) is 6.29 Å². The molecule has 2 aliphatic carbocycles. The van der Waals surface area contributed by atoms with Gasteiger partial charge < -0.3 is 9.47 Å². The third kappa shape index (κ3) is 6.19. The summed E-state index contributed by atoms with van der Waals surface area (Å²) in [5.74, 6) is 0.550. The van der Waals surface area contributed by atoms with E-state index in [0.29, 0.717) is 37.5 Å². The van der Waals surface area contributed by atoms with E-state index in [2.05, 4.69) is 6.92 Å². The quantitative estimate of drug-likeness (QED) is 0.467. The highest BCUT2D eigenvalue weighted by Crippen LogP contribution is 2.41. The first-order chi connectivity index (χ1) is 13.4. The van der Waals surface area contributed by atoms with Crippen molar-refractivity contribution in [3.8, 4) is 0 Å². The summed E-state index contributed by atoms with van der Waals surface area (Å²) in [6, 6.07) is 0. The molecule has 0 amide bonds. The zero-order valence-electron chi connectivity index (χ0n) is 16.9. The summed E-state index contributed by atoms with van der Waals surface area (Å²) in [4.78, 5) is 0. The van der Waals surface area contributed by atoms with Crippen molar-refractivity contribution in [1.29, 1.82) is 0 Å². The third-order valence-electron chi connectivity index (χ3n) is 7.05. The molecule has 6 heteroatoms. The maximum atomic E-state index is 13.8. The van der Waals surface area contributed by atoms with E-state index in [-0.39, 0.29) is 18.3 Å². The van der Waals surface area contributed by atoms with Gasteiger partial charge in [0, 0.05) is 17.8 Å². The van der Waals surface area contributed by atoms with Crippen LogP contribution in [0.15, 0.2) is 11.9 Å². The topological polar surface area (TPSA) is 18.5 Å². The first-order valence-electron chi connectivity index (χ1n) is 11.0. The molecule has 2 saturated carbocycles. The maximum Gasteiger partial charge on any atom is 0.412 e. The lowest BCUT2D eigenvalue weighted by Gasteiger charge is -2.41. The van der Waals surface area contributed by atoms with Crippen molar-refractivity contribution in [2.45, 2.75) is 83.6 Å². The van der Waals surface area contributed by atoms with Crippen molar-refractivity contribution < 1.29 is 27.0 Å². The molecule has 2 nitrogen and oxygen atoms in total. The van der Waals surface area contributed by atoms with Gasteiger partial charge in [-0.1, -0.05) is 32.6 Å². The lowest BCUT2D eigenvalue weighted by Crippen LogP contribution is -2.41. The number of halogens is 4. The molecule has 0 unspecified atom stereocenters. The Morgan fingerprint density at radius 3 is 1.96 bits per heavy atom. The summed E-state index contributed by atoms with van der Waals surface area (Å²) in [5, 5.41) is 0. The van der Waals surface area contributed by atoms with Crippen LogP contribution in [0.3, 0.4) is 0 Å². The Balaban J connectivity index is 1.39. The fourth-order valence-electron chi connectivity index (χ4n) is 5.38. The van der Waals surface area contributed by atoms with E-state index in [1.165, 1.54) is 38.5 Å². The van der Waals surface area contributed by atoms with Crippen LogP contribution in [0.4, 0.5) is 17.6 Å². The van der Waals surface area contributed by atoms with E-state index in [0.717, 1.165) is 19.1 Å². The number of alkyl halides is 3. The zero-order valence-corrected chi connectivity index (χ0v) is 16.9. The number of allylic oxidation sites excluding steroid dienone is 2. The minimum Gasteiger partial charge on any atom is -0.352 e. The van der Waals surface area contributed by atoms with E-state index in [9.17, 15) is 17.6 Å². The Kier molecular flexibility index (Phi) is 7.82. The molecule has 0 aromatic carbocycles. The molecule has 0 radical (unpaired) electrons. The largest absolute Gasteiger partial charge is 0.412 e. The predicted octanol–water partition coefficient (Wildman–Crippen LogP) is 6.80. The Bertz CT molecular complexity index is 495. The van der Waals surface area contributed by atoms with Gasteiger partial charge in [-0.3, -0.25) is 0 Å². The smallest absolute Gasteiger partial charge is 0.352 e. The standard InChI is InChI=1S/C22H34F4O2/c1-2-3-15-4-6-16(7-5-15)19-13-27-21(28-14-19)18-10-8-17(9-11-18)20(23)12-22(24,25)26/h12,15-19,21H,2-11,13-14H2,1H3/b20-12-. The van der Waals surface area contributed by atoms with Gasteiger partial charge in [-0.05, 0) is 50.4 Å². The summed E-state index contributed by atoms with van der Waals surface area (Å²) in [6.45, 7) is 3.69. The zero-order chi connectivity index (χ0) is 20.1. The molecular formula is C22H34F4O2. The normalized spacial score (nSPS) is 38.4. The molecule has 3 aliphatic rings. The fraction of sp³-hybridized carbons (Fsp3) is 0.909. The lowest BCUT2D eigenvalue weighted by atomic mass is 9.74. The highest BCUT2D eigenvalue weighted by atomic mass is 19.4. The highest BCUT2D eigenvalue weighted by Gasteiger charge is 2.37. The Morgan fingerprint density at radius 2 is 1.43 bits per heavy atom. The van der Waals surface area contributed by atoms with Crippen molar-refractivity contribution >= 4 is 0 Å². The van der Waals surface area contributed by atoms with Crippen LogP contribution in [0, 0.1) is 29.6 Å². The van der Waals surface area contributed by atoms with Crippen molar-refractivity contribution in [3.63, 3.8) is 0 Å². The average molecular weight is 407 g/mol. The molecule has 1 heterocycles. The van der Waals surface area contributed by atoms with Gasteiger partial charge >= 0.3 is 6.18 Å². The molecule has 1 saturated heterocycles. The highest BCUT2D eigenvalue weighted by molar-refractivity contribution is 5.03. The number of hydrogen-bond donors (Lipinski definition) is 0. The molecule has 3 rings (SSSR count). The third-order valence-corrected chi connectivity index (χ3v) is 7.05. The molecule has 0 spiro atoms. The first kappa shape index (κ1) is 22.1. The average Bonchev–Trinajstić information content (AvgIpc) is 2.68. The monoisotopic (exact) mass is 406 g/mol. The number of ether oxygens (including phenoxy) is 2. The van der Waals surface area contributed by atoms with E-state index in [4.69, 9.17) is 9.47 Å². The molecule has 0 aromatic rings. The summed E-state index contributed by atoms with van der Waals surface area (Å²) >= 11 is 0. The summed E-state index contributed by atoms with van der Waals surface area (Å²) in [6.07, 6.45) is 4.90. The minimum atomic E-state index is -4.58. The second-order valence-electron chi connectivity index (χ2n) is 9.05. The van der Waals surface area contributed by atoms with Gasteiger partial charge in [-0.15, -0.1) is 0 Å². The molecule has 1 aliphatic heterocycles. The second kappa shape index (κ2) is 9.92. The van der Waals surface area contributed by atoms with Crippen molar-refractivity contribution in [3.05, 3.63) is 11.9 Å². The number of rotatable bonds is 5. The van der Waals surface area contributed by atoms with Crippen LogP contribution in [-0.4, -0.2) is 25.7 Å². The molecule has 162 valence electrons. The summed E-state index contributed by atoms with van der Waals surface area (Å²) < 4.78 is 62.8. The van der Waals surface area contributed by atoms with Gasteiger partial charge in [0.25, 0.3) is 0 Å². The SMILES string of the molecule is CCCC1CCC(C2COC(C3CCC(/C(F)=C/C(F)(F)F)CC3)OC2)CC1. The van der Waals surface area contributed by atoms with Crippen LogP contribution in [0.25, 0.3) is 0 Å². The van der Waals surface area contributed by atoms with Crippen LogP contribution in [0.2, 0.25) is 0 Å². The minimum absolute atomic E-state index is 0.163. The summed E-state index contributed by atoms with van der Waals surface area (Å²) in [5.41, 5.74) is 0. The molecule has 0 aromatic heterocycles. The molecule has 28 heavy (non-hydrogen) atoms. The fourth-order valence-corrected chi connectivity index (χ4v) is 5.38. The van der Waals surface area contributed by atoms with Crippen LogP contribution in [0.1, 0.15) is 71.1 Å². The van der Waals surface area contributed by atoms with Crippen molar-refractivity contribution in [2.75, 3.05) is 13.2 Å². The van der Waals surface area contributed by atoms with Crippen molar-refractivity contribution in [2.24, 2.45) is 29.6 Å². The second-order valence-corrected chi connectivity index (χ2v) is 9.05. The molecule has 0 atom stereocenters. The maximum absolute atomic E-state index is 13.8. The van der Waals surface area contributed by atoms with Gasteiger partial charge in [-0.25, -0.2) is 4.39 Å². The Morgan fingerprint density at radius 1 is 0.857 bits per heavy atom. The van der Waals surface area contributed by atoms with E-state index >= 15 is 0 Å². The van der Waals surface area contributed by atoms with Crippen LogP contribution >= 0.6 is 0 Å². The Hall–Kier alpha value is -0.620. The van der Waals surface area contributed by atoms with E-state index in [1.807, 2.05) is 0 Å². The van der Waals surface area contributed by atoms with Gasteiger partial charge in [0.2, 0.25) is 0 Å².